The zero-order valence-corrected chi connectivity index (χ0v) is 16.0. The van der Waals surface area contributed by atoms with Crippen LogP contribution in [0.5, 0.6) is 0 Å². The number of carbonyl (C=O) groups is 2. The lowest BCUT2D eigenvalue weighted by atomic mass is 10.2. The molecule has 0 aliphatic rings. The van der Waals surface area contributed by atoms with E-state index in [9.17, 15) is 19.7 Å². The third-order valence-electron chi connectivity index (χ3n) is 3.44. The number of nitrogens with zero attached hydrogens (tertiary/aromatic N) is 1. The molecule has 0 unspecified atom stereocenters. The average molecular weight is 409 g/mol. The second-order valence-corrected chi connectivity index (χ2v) is 7.37. The molecule has 0 aliphatic carbocycles. The summed E-state index contributed by atoms with van der Waals surface area (Å²) in [4.78, 5) is 34.6. The van der Waals surface area contributed by atoms with Gasteiger partial charge in [-0.25, -0.2) is 0 Å². The van der Waals surface area contributed by atoms with Crippen molar-refractivity contribution in [1.29, 1.82) is 0 Å². The summed E-state index contributed by atoms with van der Waals surface area (Å²) in [6.45, 7) is 1.57. The zero-order chi connectivity index (χ0) is 19.8. The van der Waals surface area contributed by atoms with Crippen molar-refractivity contribution in [1.82, 2.24) is 5.32 Å². The van der Waals surface area contributed by atoms with Gasteiger partial charge in [0.2, 0.25) is 0 Å². The van der Waals surface area contributed by atoms with E-state index in [0.717, 1.165) is 5.56 Å². The van der Waals surface area contributed by atoms with Crippen LogP contribution in [0.3, 0.4) is 0 Å². The standard InChI is InChI=1S/C18H17ClN2O5S/c1-12(27-16-8-6-15(7-9-16)21(24)25)18(23)26-11-17(22)20-10-13-2-4-14(19)5-3-13/h2-9,12H,10-11H2,1H3,(H,20,22)/t12-/m1/s1. The molecular formula is C18H17ClN2O5S. The number of halogens is 1. The molecule has 1 amide bonds. The molecule has 1 N–H and O–H groups in total. The van der Waals surface area contributed by atoms with E-state index in [1.54, 1.807) is 43.3 Å². The Balaban J connectivity index is 1.74. The minimum atomic E-state index is -0.560. The number of hydrogen-bond acceptors (Lipinski definition) is 6. The fraction of sp³-hybridized carbons (Fsp3) is 0.222. The minimum absolute atomic E-state index is 0.0214. The number of esters is 1. The van der Waals surface area contributed by atoms with Gasteiger partial charge in [-0.3, -0.25) is 19.7 Å². The summed E-state index contributed by atoms with van der Waals surface area (Å²) in [6.07, 6.45) is 0. The van der Waals surface area contributed by atoms with Gasteiger partial charge in [0.05, 0.1) is 4.92 Å². The molecule has 9 heteroatoms. The van der Waals surface area contributed by atoms with Crippen LogP contribution in [0.4, 0.5) is 5.69 Å². The number of nitro groups is 1. The highest BCUT2D eigenvalue weighted by molar-refractivity contribution is 8.00. The maximum atomic E-state index is 12.0. The maximum absolute atomic E-state index is 12.0. The van der Waals surface area contributed by atoms with Gasteiger partial charge in [0, 0.05) is 28.6 Å². The molecule has 2 rings (SSSR count). The largest absolute Gasteiger partial charge is 0.455 e. The Morgan fingerprint density at radius 2 is 1.81 bits per heavy atom. The molecule has 0 bridgehead atoms. The van der Waals surface area contributed by atoms with Crippen LogP contribution >= 0.6 is 23.4 Å². The Morgan fingerprint density at radius 1 is 1.19 bits per heavy atom. The number of hydrogen-bond donors (Lipinski definition) is 1. The predicted octanol–water partition coefficient (Wildman–Crippen LogP) is 3.59. The van der Waals surface area contributed by atoms with Crippen LogP contribution in [0, 0.1) is 10.1 Å². The summed E-state index contributed by atoms with van der Waals surface area (Å²) < 4.78 is 5.01. The highest BCUT2D eigenvalue weighted by Gasteiger charge is 2.18. The molecule has 0 saturated heterocycles. The fourth-order valence-electron chi connectivity index (χ4n) is 2.01. The molecule has 0 saturated carbocycles. The Hall–Kier alpha value is -2.58. The van der Waals surface area contributed by atoms with Gasteiger partial charge in [0.15, 0.2) is 6.61 Å². The number of nitrogens with one attached hydrogen (secondary N) is 1. The molecule has 0 spiro atoms. The second-order valence-electron chi connectivity index (χ2n) is 5.52. The van der Waals surface area contributed by atoms with Gasteiger partial charge in [0.25, 0.3) is 11.6 Å². The first-order valence-corrected chi connectivity index (χ1v) is 9.20. The zero-order valence-electron chi connectivity index (χ0n) is 14.4. The number of carbonyl (C=O) groups excluding carboxylic acids is 2. The molecule has 1 atom stereocenters. The van der Waals surface area contributed by atoms with Crippen molar-refractivity contribution >= 4 is 40.9 Å². The normalized spacial score (nSPS) is 11.5. The molecule has 7 nitrogen and oxygen atoms in total. The van der Waals surface area contributed by atoms with Crippen molar-refractivity contribution in [3.05, 3.63) is 69.2 Å². The van der Waals surface area contributed by atoms with E-state index in [-0.39, 0.29) is 12.3 Å². The number of amides is 1. The smallest absolute Gasteiger partial charge is 0.319 e. The monoisotopic (exact) mass is 408 g/mol. The second kappa shape index (κ2) is 9.94. The Kier molecular flexibility index (Phi) is 7.63. The van der Waals surface area contributed by atoms with E-state index >= 15 is 0 Å². The van der Waals surface area contributed by atoms with Gasteiger partial charge in [-0.1, -0.05) is 23.7 Å². The lowest BCUT2D eigenvalue weighted by Gasteiger charge is -2.11. The Labute approximate surface area is 165 Å². The SMILES string of the molecule is C[C@@H](Sc1ccc([N+](=O)[O-])cc1)C(=O)OCC(=O)NCc1ccc(Cl)cc1. The van der Waals surface area contributed by atoms with E-state index in [4.69, 9.17) is 16.3 Å². The molecule has 0 radical (unpaired) electrons. The number of nitro benzene ring substituents is 1. The van der Waals surface area contributed by atoms with Crippen LogP contribution in [-0.2, 0) is 20.9 Å². The summed E-state index contributed by atoms with van der Waals surface area (Å²) in [5.41, 5.74) is 0.855. The molecule has 142 valence electrons. The summed E-state index contributed by atoms with van der Waals surface area (Å²) >= 11 is 6.99. The molecule has 2 aromatic rings. The van der Waals surface area contributed by atoms with Gasteiger partial charge in [-0.2, -0.15) is 0 Å². The highest BCUT2D eigenvalue weighted by Crippen LogP contribution is 2.25. The van der Waals surface area contributed by atoms with Crippen LogP contribution in [0.15, 0.2) is 53.4 Å². The third kappa shape index (κ3) is 6.92. The molecular weight excluding hydrogens is 392 g/mol. The van der Waals surface area contributed by atoms with Gasteiger partial charge < -0.3 is 10.1 Å². The lowest BCUT2D eigenvalue weighted by Crippen LogP contribution is -2.30. The minimum Gasteiger partial charge on any atom is -0.455 e. The number of ether oxygens (including phenoxy) is 1. The van der Waals surface area contributed by atoms with Crippen molar-refractivity contribution in [3.63, 3.8) is 0 Å². The first-order chi connectivity index (χ1) is 12.8. The van der Waals surface area contributed by atoms with E-state index < -0.39 is 22.0 Å². The van der Waals surface area contributed by atoms with Crippen molar-refractivity contribution in [2.24, 2.45) is 0 Å². The van der Waals surface area contributed by atoms with Crippen molar-refractivity contribution in [2.75, 3.05) is 6.61 Å². The van der Waals surface area contributed by atoms with Crippen LogP contribution in [-0.4, -0.2) is 28.7 Å². The summed E-state index contributed by atoms with van der Waals surface area (Å²) in [6, 6.07) is 12.9. The summed E-state index contributed by atoms with van der Waals surface area (Å²) in [7, 11) is 0. The van der Waals surface area contributed by atoms with Crippen LogP contribution in [0.25, 0.3) is 0 Å². The van der Waals surface area contributed by atoms with Gasteiger partial charge in [-0.15, -0.1) is 11.8 Å². The van der Waals surface area contributed by atoms with E-state index in [1.807, 2.05) is 0 Å². The first-order valence-electron chi connectivity index (χ1n) is 7.94. The third-order valence-corrected chi connectivity index (χ3v) is 4.78. The van der Waals surface area contributed by atoms with Crippen molar-refractivity contribution in [2.45, 2.75) is 23.6 Å². The summed E-state index contributed by atoms with van der Waals surface area (Å²) in [5.74, 6) is -0.953. The number of benzene rings is 2. The van der Waals surface area contributed by atoms with Crippen LogP contribution in [0.1, 0.15) is 12.5 Å². The van der Waals surface area contributed by atoms with Crippen LogP contribution in [0.2, 0.25) is 5.02 Å². The molecule has 0 aliphatic heterocycles. The predicted molar refractivity (Wildman–Crippen MR) is 103 cm³/mol. The Bertz CT molecular complexity index is 812. The molecule has 27 heavy (non-hydrogen) atoms. The molecule has 0 aromatic heterocycles. The van der Waals surface area contributed by atoms with Gasteiger partial charge in [0.1, 0.15) is 5.25 Å². The summed E-state index contributed by atoms with van der Waals surface area (Å²) in [5, 5.41) is 13.3. The number of rotatable bonds is 8. The van der Waals surface area contributed by atoms with E-state index in [0.29, 0.717) is 16.5 Å². The lowest BCUT2D eigenvalue weighted by molar-refractivity contribution is -0.384. The van der Waals surface area contributed by atoms with E-state index in [1.165, 1.54) is 23.9 Å². The number of non-ortho nitro benzene ring substituents is 1. The fourth-order valence-corrected chi connectivity index (χ4v) is 3.00. The average Bonchev–Trinajstić information content (AvgIpc) is 2.66. The van der Waals surface area contributed by atoms with E-state index in [2.05, 4.69) is 5.32 Å². The topological polar surface area (TPSA) is 98.5 Å². The van der Waals surface area contributed by atoms with Crippen LogP contribution < -0.4 is 5.32 Å². The highest BCUT2D eigenvalue weighted by atomic mass is 35.5. The number of thioether (sulfide) groups is 1. The Morgan fingerprint density at radius 3 is 2.41 bits per heavy atom. The molecule has 0 fully saturated rings. The molecule has 2 aromatic carbocycles. The first kappa shape index (κ1) is 20.7. The van der Waals surface area contributed by atoms with Gasteiger partial charge >= 0.3 is 5.97 Å². The quantitative estimate of drug-likeness (QED) is 0.310. The van der Waals surface area contributed by atoms with Gasteiger partial charge in [-0.05, 0) is 36.8 Å². The van der Waals surface area contributed by atoms with Crippen molar-refractivity contribution < 1.29 is 19.2 Å². The molecule has 0 heterocycles. The maximum Gasteiger partial charge on any atom is 0.319 e. The van der Waals surface area contributed by atoms with Crippen molar-refractivity contribution in [3.8, 4) is 0 Å².